The molecule has 0 aromatic heterocycles. The van der Waals surface area contributed by atoms with Gasteiger partial charge in [-0.25, -0.2) is 0 Å². The van der Waals surface area contributed by atoms with Crippen molar-refractivity contribution < 1.29 is 0 Å². The highest BCUT2D eigenvalue weighted by Gasteiger charge is 2.24. The van der Waals surface area contributed by atoms with Crippen LogP contribution >= 0.6 is 0 Å². The highest BCUT2D eigenvalue weighted by Crippen LogP contribution is 2.33. The molecule has 0 saturated heterocycles. The third-order valence-electron chi connectivity index (χ3n) is 3.52. The van der Waals surface area contributed by atoms with E-state index in [4.69, 9.17) is 5.73 Å². The van der Waals surface area contributed by atoms with Crippen LogP contribution < -0.4 is 5.73 Å². The molecule has 1 saturated carbocycles. The van der Waals surface area contributed by atoms with Gasteiger partial charge in [0.25, 0.3) is 0 Å². The predicted molar refractivity (Wildman–Crippen MR) is 72.7 cm³/mol. The highest BCUT2D eigenvalue weighted by atomic mass is 15.1. The summed E-state index contributed by atoms with van der Waals surface area (Å²) >= 11 is 0. The minimum Gasteiger partial charge on any atom is -0.327 e. The number of likely N-dealkylation sites (N-methyl/N-ethyl adjacent to an activating group) is 1. The standard InChI is InChI=1S/C15H24N2/c1-2-17(11-14-6-4-3-5-7-14)12-15(16)10-13-8-9-13/h3-7,13,15H,2,8-12,16H2,1H3/t15-/m0/s1. The van der Waals surface area contributed by atoms with Gasteiger partial charge in [-0.15, -0.1) is 0 Å². The maximum atomic E-state index is 6.20. The molecule has 0 unspecified atom stereocenters. The molecule has 0 bridgehead atoms. The van der Waals surface area contributed by atoms with Crippen LogP contribution in [0.4, 0.5) is 0 Å². The van der Waals surface area contributed by atoms with E-state index in [1.807, 2.05) is 0 Å². The third kappa shape index (κ3) is 4.49. The number of nitrogens with two attached hydrogens (primary N) is 1. The summed E-state index contributed by atoms with van der Waals surface area (Å²) in [6.07, 6.45) is 4.02. The number of hydrogen-bond donors (Lipinski definition) is 1. The van der Waals surface area contributed by atoms with Crippen molar-refractivity contribution in [3.8, 4) is 0 Å². The molecule has 0 aliphatic heterocycles. The van der Waals surface area contributed by atoms with Gasteiger partial charge in [0.2, 0.25) is 0 Å². The Bertz CT molecular complexity index is 319. The Morgan fingerprint density at radius 3 is 2.59 bits per heavy atom. The van der Waals surface area contributed by atoms with Crippen molar-refractivity contribution in [2.45, 2.75) is 38.8 Å². The second kappa shape index (κ2) is 6.18. The Morgan fingerprint density at radius 2 is 2.00 bits per heavy atom. The van der Waals surface area contributed by atoms with Gasteiger partial charge in [-0.05, 0) is 24.4 Å². The van der Waals surface area contributed by atoms with E-state index in [1.165, 1.54) is 24.8 Å². The minimum absolute atomic E-state index is 0.353. The predicted octanol–water partition coefficient (Wildman–Crippen LogP) is 2.64. The molecule has 1 atom stereocenters. The zero-order chi connectivity index (χ0) is 12.1. The van der Waals surface area contributed by atoms with Crippen molar-refractivity contribution in [2.75, 3.05) is 13.1 Å². The van der Waals surface area contributed by atoms with Crippen LogP contribution in [-0.4, -0.2) is 24.0 Å². The summed E-state index contributed by atoms with van der Waals surface area (Å²) in [4.78, 5) is 2.45. The molecule has 2 rings (SSSR count). The maximum Gasteiger partial charge on any atom is 0.0234 e. The van der Waals surface area contributed by atoms with E-state index in [-0.39, 0.29) is 0 Å². The van der Waals surface area contributed by atoms with Crippen molar-refractivity contribution in [1.29, 1.82) is 0 Å². The fraction of sp³-hybridized carbons (Fsp3) is 0.600. The topological polar surface area (TPSA) is 29.3 Å². The van der Waals surface area contributed by atoms with Crippen molar-refractivity contribution in [1.82, 2.24) is 4.90 Å². The lowest BCUT2D eigenvalue weighted by Crippen LogP contribution is -2.37. The van der Waals surface area contributed by atoms with Gasteiger partial charge < -0.3 is 5.73 Å². The molecule has 2 N–H and O–H groups in total. The van der Waals surface area contributed by atoms with Crippen molar-refractivity contribution in [3.05, 3.63) is 35.9 Å². The van der Waals surface area contributed by atoms with Crippen LogP contribution in [-0.2, 0) is 6.54 Å². The van der Waals surface area contributed by atoms with Gasteiger partial charge in [-0.1, -0.05) is 50.1 Å². The molecular formula is C15H24N2. The second-order valence-electron chi connectivity index (χ2n) is 5.25. The third-order valence-corrected chi connectivity index (χ3v) is 3.52. The summed E-state index contributed by atoms with van der Waals surface area (Å²) < 4.78 is 0. The van der Waals surface area contributed by atoms with E-state index in [0.717, 1.165) is 25.6 Å². The molecule has 17 heavy (non-hydrogen) atoms. The molecule has 0 spiro atoms. The Hall–Kier alpha value is -0.860. The lowest BCUT2D eigenvalue weighted by Gasteiger charge is -2.24. The first-order valence-corrected chi connectivity index (χ1v) is 6.79. The number of nitrogens with zero attached hydrogens (tertiary/aromatic N) is 1. The van der Waals surface area contributed by atoms with Crippen LogP contribution in [0.15, 0.2) is 30.3 Å². The summed E-state index contributed by atoms with van der Waals surface area (Å²) in [6.45, 7) is 5.34. The molecule has 0 amide bonds. The molecule has 1 aliphatic rings. The monoisotopic (exact) mass is 232 g/mol. The largest absolute Gasteiger partial charge is 0.327 e. The van der Waals surface area contributed by atoms with Gasteiger partial charge in [-0.3, -0.25) is 4.90 Å². The van der Waals surface area contributed by atoms with Crippen LogP contribution in [0.3, 0.4) is 0 Å². The van der Waals surface area contributed by atoms with E-state index in [1.54, 1.807) is 0 Å². The Balaban J connectivity index is 1.79. The maximum absolute atomic E-state index is 6.20. The zero-order valence-electron chi connectivity index (χ0n) is 10.8. The molecule has 1 aromatic rings. The summed E-state index contributed by atoms with van der Waals surface area (Å²) in [5.74, 6) is 0.931. The minimum atomic E-state index is 0.353. The SMILES string of the molecule is CCN(Cc1ccccc1)C[C@@H](N)CC1CC1. The molecule has 1 fully saturated rings. The average Bonchev–Trinajstić information content (AvgIpc) is 3.13. The first-order chi connectivity index (χ1) is 8.28. The van der Waals surface area contributed by atoms with Crippen molar-refractivity contribution in [2.24, 2.45) is 11.7 Å². The molecule has 1 aliphatic carbocycles. The number of benzene rings is 1. The molecule has 0 radical (unpaired) electrons. The van der Waals surface area contributed by atoms with Gasteiger partial charge in [0.05, 0.1) is 0 Å². The van der Waals surface area contributed by atoms with Gasteiger partial charge >= 0.3 is 0 Å². The first-order valence-electron chi connectivity index (χ1n) is 6.79. The smallest absolute Gasteiger partial charge is 0.0234 e. The normalized spacial score (nSPS) is 17.4. The van der Waals surface area contributed by atoms with E-state index in [0.29, 0.717) is 6.04 Å². The van der Waals surface area contributed by atoms with Crippen LogP contribution in [0.5, 0.6) is 0 Å². The highest BCUT2D eigenvalue weighted by molar-refractivity contribution is 5.14. The quantitative estimate of drug-likeness (QED) is 0.783. The first kappa shape index (κ1) is 12.6. The fourth-order valence-electron chi connectivity index (χ4n) is 2.33. The van der Waals surface area contributed by atoms with E-state index < -0.39 is 0 Å². The van der Waals surface area contributed by atoms with E-state index in [2.05, 4.69) is 42.2 Å². The van der Waals surface area contributed by atoms with Crippen molar-refractivity contribution >= 4 is 0 Å². The molecule has 0 heterocycles. The summed E-state index contributed by atoms with van der Waals surface area (Å²) in [6, 6.07) is 11.0. The zero-order valence-corrected chi connectivity index (χ0v) is 10.8. The van der Waals surface area contributed by atoms with Gasteiger partial charge in [0.15, 0.2) is 0 Å². The van der Waals surface area contributed by atoms with Crippen molar-refractivity contribution in [3.63, 3.8) is 0 Å². The molecular weight excluding hydrogens is 208 g/mol. The second-order valence-corrected chi connectivity index (χ2v) is 5.25. The number of hydrogen-bond acceptors (Lipinski definition) is 2. The van der Waals surface area contributed by atoms with Crippen LogP contribution in [0, 0.1) is 5.92 Å². The average molecular weight is 232 g/mol. The van der Waals surface area contributed by atoms with Gasteiger partial charge in [0.1, 0.15) is 0 Å². The Labute approximate surface area is 105 Å². The van der Waals surface area contributed by atoms with E-state index >= 15 is 0 Å². The van der Waals surface area contributed by atoms with Gasteiger partial charge in [0, 0.05) is 19.1 Å². The molecule has 1 aromatic carbocycles. The summed E-state index contributed by atoms with van der Waals surface area (Å²) in [5, 5.41) is 0. The van der Waals surface area contributed by atoms with Crippen LogP contribution in [0.1, 0.15) is 31.7 Å². The number of rotatable bonds is 7. The Morgan fingerprint density at radius 1 is 1.29 bits per heavy atom. The molecule has 2 heteroatoms. The molecule has 94 valence electrons. The summed E-state index contributed by atoms with van der Waals surface area (Å²) in [5.41, 5.74) is 7.59. The summed E-state index contributed by atoms with van der Waals surface area (Å²) in [7, 11) is 0. The molecule has 2 nitrogen and oxygen atoms in total. The lowest BCUT2D eigenvalue weighted by atomic mass is 10.1. The van der Waals surface area contributed by atoms with Crippen LogP contribution in [0.25, 0.3) is 0 Å². The lowest BCUT2D eigenvalue weighted by molar-refractivity contribution is 0.254. The van der Waals surface area contributed by atoms with Gasteiger partial charge in [-0.2, -0.15) is 0 Å². The van der Waals surface area contributed by atoms with Crippen LogP contribution in [0.2, 0.25) is 0 Å². The van der Waals surface area contributed by atoms with E-state index in [9.17, 15) is 0 Å². The fourth-order valence-corrected chi connectivity index (χ4v) is 2.33. The Kier molecular flexibility index (Phi) is 4.57.